The lowest BCUT2D eigenvalue weighted by atomic mass is 9.82. The van der Waals surface area contributed by atoms with Gasteiger partial charge in [0.25, 0.3) is 0 Å². The second-order valence-electron chi connectivity index (χ2n) is 8.03. The number of aliphatic hydroxyl groups is 1. The largest absolute Gasteiger partial charge is 0.391 e. The highest BCUT2D eigenvalue weighted by Gasteiger charge is 2.43. The highest BCUT2D eigenvalue weighted by Crippen LogP contribution is 2.34. The smallest absolute Gasteiger partial charge is 0.176 e. The summed E-state index contributed by atoms with van der Waals surface area (Å²) in [5.74, 6) is 0.0212. The minimum absolute atomic E-state index is 0.00687. The number of aliphatic hydroxyl groups excluding tert-OH is 1. The first kappa shape index (κ1) is 19.8. The van der Waals surface area contributed by atoms with Crippen molar-refractivity contribution in [3.63, 3.8) is 0 Å². The average Bonchev–Trinajstić information content (AvgIpc) is 2.37. The van der Waals surface area contributed by atoms with Crippen LogP contribution in [0.2, 0.25) is 0 Å². The molecule has 5 unspecified atom stereocenters. The lowest BCUT2D eigenvalue weighted by Crippen LogP contribution is -2.60. The Kier molecular flexibility index (Phi) is 6.84. The van der Waals surface area contributed by atoms with E-state index in [9.17, 15) is 5.11 Å². The van der Waals surface area contributed by atoms with Crippen molar-refractivity contribution < 1.29 is 19.3 Å². The Morgan fingerprint density at radius 3 is 2.32 bits per heavy atom. The quantitative estimate of drug-likeness (QED) is 0.754. The van der Waals surface area contributed by atoms with Gasteiger partial charge in [0.1, 0.15) is 0 Å². The van der Waals surface area contributed by atoms with Gasteiger partial charge in [-0.05, 0) is 32.1 Å². The molecule has 132 valence electrons. The van der Waals surface area contributed by atoms with E-state index >= 15 is 0 Å². The van der Waals surface area contributed by atoms with E-state index in [1.807, 2.05) is 20.8 Å². The molecule has 1 heterocycles. The van der Waals surface area contributed by atoms with E-state index in [0.717, 1.165) is 12.8 Å². The predicted octanol–water partition coefficient (Wildman–Crippen LogP) is 2.30. The first-order valence-electron chi connectivity index (χ1n) is 8.29. The minimum atomic E-state index is -0.605. The molecule has 0 saturated carbocycles. The van der Waals surface area contributed by atoms with Gasteiger partial charge in [0, 0.05) is 13.0 Å². The van der Waals surface area contributed by atoms with Crippen LogP contribution >= 0.6 is 0 Å². The molecule has 5 nitrogen and oxygen atoms in total. The molecule has 1 fully saturated rings. The summed E-state index contributed by atoms with van der Waals surface area (Å²) in [4.78, 5) is 0. The molecule has 1 aliphatic rings. The number of hydrogen-bond acceptors (Lipinski definition) is 5. The number of methoxy groups -OCH3 is 1. The van der Waals surface area contributed by atoms with Crippen LogP contribution in [0.25, 0.3) is 0 Å². The number of hydrogen-bond donors (Lipinski definition) is 2. The van der Waals surface area contributed by atoms with Crippen molar-refractivity contribution in [3.8, 4) is 0 Å². The van der Waals surface area contributed by atoms with Gasteiger partial charge in [0.05, 0.1) is 30.5 Å². The second kappa shape index (κ2) is 7.58. The Bertz CT molecular complexity index is 344. The van der Waals surface area contributed by atoms with E-state index in [2.05, 4.69) is 20.8 Å². The molecule has 0 amide bonds. The second-order valence-corrected chi connectivity index (χ2v) is 8.03. The van der Waals surface area contributed by atoms with E-state index in [0.29, 0.717) is 6.61 Å². The van der Waals surface area contributed by atoms with Crippen LogP contribution in [0.3, 0.4) is 0 Å². The Morgan fingerprint density at radius 1 is 1.23 bits per heavy atom. The first-order valence-corrected chi connectivity index (χ1v) is 8.29. The topological polar surface area (TPSA) is 73.9 Å². The van der Waals surface area contributed by atoms with Gasteiger partial charge in [-0.15, -0.1) is 0 Å². The normalized spacial score (nSPS) is 34.0. The van der Waals surface area contributed by atoms with Crippen LogP contribution in [0.4, 0.5) is 0 Å². The molecule has 1 saturated heterocycles. The van der Waals surface area contributed by atoms with Crippen molar-refractivity contribution in [2.45, 2.75) is 84.5 Å². The summed E-state index contributed by atoms with van der Waals surface area (Å²) < 4.78 is 17.4. The van der Waals surface area contributed by atoms with Gasteiger partial charge in [-0.25, -0.2) is 0 Å². The van der Waals surface area contributed by atoms with Gasteiger partial charge in [0.2, 0.25) is 0 Å². The fourth-order valence-corrected chi connectivity index (χ4v) is 3.64. The number of nitrogens with two attached hydrogens (primary N) is 1. The molecule has 5 atom stereocenters. The molecular weight excluding hydrogens is 282 g/mol. The van der Waals surface area contributed by atoms with Crippen molar-refractivity contribution >= 4 is 0 Å². The molecule has 0 aliphatic carbocycles. The van der Waals surface area contributed by atoms with Crippen molar-refractivity contribution in [2.75, 3.05) is 13.7 Å². The molecule has 3 N–H and O–H groups in total. The Morgan fingerprint density at radius 2 is 1.82 bits per heavy atom. The zero-order valence-electron chi connectivity index (χ0n) is 15.3. The predicted molar refractivity (Wildman–Crippen MR) is 87.5 cm³/mol. The summed E-state index contributed by atoms with van der Waals surface area (Å²) in [5, 5.41) is 10.3. The third-order valence-corrected chi connectivity index (χ3v) is 4.42. The average molecular weight is 317 g/mol. The standard InChI is InChI=1S/C17H35NO4/c1-8-12-11(2)14(19)13(18)15(21-12)22-17(5,6)9-16(3,4)10-20-7/h11-15,19H,8-10,18H2,1-7H3. The van der Waals surface area contributed by atoms with Gasteiger partial charge in [-0.2, -0.15) is 0 Å². The fourth-order valence-electron chi connectivity index (χ4n) is 3.64. The Balaban J connectivity index is 2.74. The van der Waals surface area contributed by atoms with Crippen molar-refractivity contribution in [2.24, 2.45) is 17.1 Å². The maximum absolute atomic E-state index is 10.3. The van der Waals surface area contributed by atoms with E-state index in [4.69, 9.17) is 19.9 Å². The third kappa shape index (κ3) is 5.17. The van der Waals surface area contributed by atoms with Crippen molar-refractivity contribution in [1.29, 1.82) is 0 Å². The van der Waals surface area contributed by atoms with Crippen molar-refractivity contribution in [3.05, 3.63) is 0 Å². The Labute approximate surface area is 135 Å². The van der Waals surface area contributed by atoms with Gasteiger partial charge in [-0.1, -0.05) is 27.7 Å². The van der Waals surface area contributed by atoms with Crippen LogP contribution in [0.15, 0.2) is 0 Å². The van der Waals surface area contributed by atoms with E-state index < -0.39 is 24.0 Å². The monoisotopic (exact) mass is 317 g/mol. The third-order valence-electron chi connectivity index (χ3n) is 4.42. The van der Waals surface area contributed by atoms with Gasteiger partial charge < -0.3 is 25.1 Å². The maximum Gasteiger partial charge on any atom is 0.176 e. The Hall–Kier alpha value is -0.200. The summed E-state index contributed by atoms with van der Waals surface area (Å²) in [7, 11) is 1.71. The molecule has 0 radical (unpaired) electrons. The summed E-state index contributed by atoms with van der Waals surface area (Å²) >= 11 is 0. The number of rotatable bonds is 7. The fraction of sp³-hybridized carbons (Fsp3) is 1.00. The van der Waals surface area contributed by atoms with Crippen LogP contribution in [-0.2, 0) is 14.2 Å². The van der Waals surface area contributed by atoms with Crippen LogP contribution in [0, 0.1) is 11.3 Å². The zero-order valence-corrected chi connectivity index (χ0v) is 15.3. The summed E-state index contributed by atoms with van der Waals surface area (Å²) in [6, 6.07) is -0.525. The van der Waals surface area contributed by atoms with Crippen LogP contribution in [0.5, 0.6) is 0 Å². The first-order chi connectivity index (χ1) is 10.0. The molecule has 0 spiro atoms. The highest BCUT2D eigenvalue weighted by atomic mass is 16.7. The minimum Gasteiger partial charge on any atom is -0.391 e. The van der Waals surface area contributed by atoms with E-state index in [1.165, 1.54) is 0 Å². The molecule has 0 aromatic carbocycles. The SMILES string of the molecule is CCC1OC(OC(C)(C)CC(C)(C)COC)C(N)C(O)C1C. The molecule has 5 heteroatoms. The molecule has 0 aromatic heterocycles. The van der Waals surface area contributed by atoms with E-state index in [1.54, 1.807) is 7.11 Å². The van der Waals surface area contributed by atoms with Crippen molar-refractivity contribution in [1.82, 2.24) is 0 Å². The molecular formula is C17H35NO4. The van der Waals surface area contributed by atoms with Crippen LogP contribution in [0.1, 0.15) is 54.4 Å². The van der Waals surface area contributed by atoms with Gasteiger partial charge in [0.15, 0.2) is 6.29 Å². The van der Waals surface area contributed by atoms with Crippen LogP contribution < -0.4 is 5.73 Å². The maximum atomic E-state index is 10.3. The van der Waals surface area contributed by atoms with Crippen LogP contribution in [-0.4, -0.2) is 49.0 Å². The number of ether oxygens (including phenoxy) is 3. The molecule has 22 heavy (non-hydrogen) atoms. The summed E-state index contributed by atoms with van der Waals surface area (Å²) in [6.45, 7) is 13.0. The molecule has 0 aromatic rings. The lowest BCUT2D eigenvalue weighted by Gasteiger charge is -2.45. The zero-order chi connectivity index (χ0) is 17.1. The summed E-state index contributed by atoms with van der Waals surface area (Å²) in [6.07, 6.45) is 0.432. The van der Waals surface area contributed by atoms with Gasteiger partial charge in [-0.3, -0.25) is 0 Å². The highest BCUT2D eigenvalue weighted by molar-refractivity contribution is 4.91. The molecule has 1 rings (SSSR count). The van der Waals surface area contributed by atoms with E-state index in [-0.39, 0.29) is 17.4 Å². The molecule has 1 aliphatic heterocycles. The lowest BCUT2D eigenvalue weighted by molar-refractivity contribution is -0.279. The summed E-state index contributed by atoms with van der Waals surface area (Å²) in [5.41, 5.74) is 5.71. The molecule has 0 bridgehead atoms. The van der Waals surface area contributed by atoms with Gasteiger partial charge >= 0.3 is 0 Å².